The Hall–Kier alpha value is -2.52. The zero-order valence-electron chi connectivity index (χ0n) is 16.4. The molecule has 2 fully saturated rings. The molecule has 1 saturated heterocycles. The number of rotatable bonds is 5. The average molecular weight is 402 g/mol. The maximum Gasteiger partial charge on any atom is 0.306 e. The maximum atomic E-state index is 12.6. The summed E-state index contributed by atoms with van der Waals surface area (Å²) >= 11 is 0. The number of hydrogen-bond donors (Lipinski definition) is 2. The van der Waals surface area contributed by atoms with Gasteiger partial charge in [-0.3, -0.25) is 9.59 Å². The third-order valence-corrected chi connectivity index (χ3v) is 6.06. The Bertz CT molecular complexity index is 923. The van der Waals surface area contributed by atoms with E-state index >= 15 is 0 Å². The number of anilines is 1. The lowest BCUT2D eigenvalue weighted by atomic mass is 9.87. The standard InChI is InChI=1S/C20H26N4O5/c1-20(15-8-7-13-19(21)22-11-23-24(13)15)18(27)17(26)14(29-20)10-28-16(25)9-12-5-3-2-4-6-12/h7-8,11-12,14,18,27H,2-6,9-10H2,1H3,(H2,21,22,23)/t14-,18-,20+/m1/s1. The summed E-state index contributed by atoms with van der Waals surface area (Å²) in [5.74, 6) is -0.216. The van der Waals surface area contributed by atoms with E-state index < -0.39 is 23.6 Å². The van der Waals surface area contributed by atoms with Crippen LogP contribution < -0.4 is 5.73 Å². The number of aliphatic hydroxyl groups is 1. The predicted molar refractivity (Wildman–Crippen MR) is 103 cm³/mol. The number of hydrogen-bond acceptors (Lipinski definition) is 8. The molecule has 2 aromatic rings. The number of fused-ring (bicyclic) bond motifs is 1. The molecule has 0 bridgehead atoms. The summed E-state index contributed by atoms with van der Waals surface area (Å²) in [6.07, 6.45) is 4.79. The van der Waals surface area contributed by atoms with Crippen LogP contribution in [0.2, 0.25) is 0 Å². The van der Waals surface area contributed by atoms with Gasteiger partial charge < -0.3 is 20.3 Å². The number of Topliss-reactive ketones (excluding diaryl/α,β-unsaturated/α-hetero) is 1. The first-order valence-corrected chi connectivity index (χ1v) is 10.0. The first-order valence-electron chi connectivity index (χ1n) is 10.0. The highest BCUT2D eigenvalue weighted by Crippen LogP contribution is 2.38. The Kier molecular flexibility index (Phi) is 5.26. The largest absolute Gasteiger partial charge is 0.462 e. The molecule has 1 aliphatic carbocycles. The van der Waals surface area contributed by atoms with Gasteiger partial charge in [-0.15, -0.1) is 0 Å². The molecule has 3 N–H and O–H groups in total. The molecule has 0 radical (unpaired) electrons. The number of nitrogens with zero attached hydrogens (tertiary/aromatic N) is 3. The van der Waals surface area contributed by atoms with E-state index in [0.717, 1.165) is 25.7 Å². The van der Waals surface area contributed by atoms with Crippen LogP contribution in [0.3, 0.4) is 0 Å². The van der Waals surface area contributed by atoms with Crippen LogP contribution in [-0.4, -0.2) is 50.3 Å². The smallest absolute Gasteiger partial charge is 0.306 e. The third kappa shape index (κ3) is 3.60. The molecule has 2 aliphatic rings. The number of ether oxygens (including phenoxy) is 2. The van der Waals surface area contributed by atoms with Gasteiger partial charge in [-0.2, -0.15) is 5.10 Å². The van der Waals surface area contributed by atoms with Gasteiger partial charge in [0.1, 0.15) is 30.2 Å². The second kappa shape index (κ2) is 7.72. The highest BCUT2D eigenvalue weighted by molar-refractivity contribution is 5.91. The van der Waals surface area contributed by atoms with Crippen LogP contribution in [0.25, 0.3) is 5.52 Å². The molecular weight excluding hydrogens is 376 g/mol. The predicted octanol–water partition coefficient (Wildman–Crippen LogP) is 1.37. The minimum Gasteiger partial charge on any atom is -0.462 e. The fraction of sp³-hybridized carbons (Fsp3) is 0.600. The second-order valence-electron chi connectivity index (χ2n) is 8.07. The van der Waals surface area contributed by atoms with E-state index in [0.29, 0.717) is 23.5 Å². The van der Waals surface area contributed by atoms with E-state index in [1.807, 2.05) is 0 Å². The number of nitrogens with two attached hydrogens (primary N) is 1. The Morgan fingerprint density at radius 2 is 2.14 bits per heavy atom. The van der Waals surface area contributed by atoms with E-state index in [2.05, 4.69) is 10.1 Å². The average Bonchev–Trinajstić information content (AvgIpc) is 3.24. The van der Waals surface area contributed by atoms with Crippen LogP contribution in [0.4, 0.5) is 5.82 Å². The Balaban J connectivity index is 1.45. The number of aliphatic hydroxyl groups excluding tert-OH is 1. The summed E-state index contributed by atoms with van der Waals surface area (Å²) in [7, 11) is 0. The van der Waals surface area contributed by atoms with Crippen LogP contribution >= 0.6 is 0 Å². The summed E-state index contributed by atoms with van der Waals surface area (Å²) in [5.41, 5.74) is 5.54. The van der Waals surface area contributed by atoms with Gasteiger partial charge in [0.25, 0.3) is 0 Å². The van der Waals surface area contributed by atoms with Crippen LogP contribution in [0.1, 0.15) is 51.1 Å². The van der Waals surface area contributed by atoms with Gasteiger partial charge in [0, 0.05) is 6.42 Å². The Labute approximate surface area is 168 Å². The first kappa shape index (κ1) is 19.8. The highest BCUT2D eigenvalue weighted by Gasteiger charge is 2.54. The lowest BCUT2D eigenvalue weighted by Crippen LogP contribution is -2.37. The zero-order chi connectivity index (χ0) is 20.6. The van der Waals surface area contributed by atoms with Crippen molar-refractivity contribution in [2.24, 2.45) is 5.92 Å². The molecule has 0 unspecified atom stereocenters. The Morgan fingerprint density at radius 1 is 1.38 bits per heavy atom. The van der Waals surface area contributed by atoms with Crippen molar-refractivity contribution in [3.8, 4) is 0 Å². The number of esters is 1. The molecule has 4 rings (SSSR count). The van der Waals surface area contributed by atoms with E-state index in [1.165, 1.54) is 17.3 Å². The summed E-state index contributed by atoms with van der Waals surface area (Å²) in [4.78, 5) is 28.7. The van der Waals surface area contributed by atoms with Gasteiger partial charge in [0.15, 0.2) is 17.7 Å². The van der Waals surface area contributed by atoms with Gasteiger partial charge in [-0.25, -0.2) is 9.50 Å². The minimum absolute atomic E-state index is 0.211. The molecule has 29 heavy (non-hydrogen) atoms. The molecule has 0 spiro atoms. The van der Waals surface area contributed by atoms with E-state index in [4.69, 9.17) is 15.2 Å². The van der Waals surface area contributed by atoms with Crippen molar-refractivity contribution in [3.63, 3.8) is 0 Å². The molecular formula is C20H26N4O5. The molecule has 3 atom stereocenters. The molecule has 156 valence electrons. The van der Waals surface area contributed by atoms with Gasteiger partial charge in [-0.05, 0) is 37.8 Å². The summed E-state index contributed by atoms with van der Waals surface area (Å²) < 4.78 is 12.7. The number of carbonyl (C=O) groups excluding carboxylic acids is 2. The first-order chi connectivity index (χ1) is 13.9. The van der Waals surface area contributed by atoms with Gasteiger partial charge in [0.05, 0.1) is 5.69 Å². The molecule has 0 amide bonds. The van der Waals surface area contributed by atoms with E-state index in [9.17, 15) is 14.7 Å². The van der Waals surface area contributed by atoms with Crippen LogP contribution in [0.15, 0.2) is 18.5 Å². The van der Waals surface area contributed by atoms with Crippen LogP contribution in [0, 0.1) is 5.92 Å². The zero-order valence-corrected chi connectivity index (χ0v) is 16.4. The fourth-order valence-electron chi connectivity index (χ4n) is 4.37. The van der Waals surface area contributed by atoms with Gasteiger partial charge in [0.2, 0.25) is 0 Å². The van der Waals surface area contributed by atoms with Crippen molar-refractivity contribution in [2.75, 3.05) is 12.3 Å². The molecule has 1 saturated carbocycles. The summed E-state index contributed by atoms with van der Waals surface area (Å²) in [6, 6.07) is 3.39. The second-order valence-corrected chi connectivity index (χ2v) is 8.07. The number of carbonyl (C=O) groups is 2. The lowest BCUT2D eigenvalue weighted by Gasteiger charge is -2.26. The van der Waals surface area contributed by atoms with E-state index in [-0.39, 0.29) is 18.4 Å². The molecule has 0 aromatic carbocycles. The molecule has 2 aromatic heterocycles. The van der Waals surface area contributed by atoms with E-state index in [1.54, 1.807) is 19.1 Å². The van der Waals surface area contributed by atoms with Crippen molar-refractivity contribution in [3.05, 3.63) is 24.2 Å². The number of ketones is 1. The van der Waals surface area contributed by atoms with Crippen molar-refractivity contribution in [1.82, 2.24) is 14.6 Å². The van der Waals surface area contributed by atoms with Crippen molar-refractivity contribution in [1.29, 1.82) is 0 Å². The minimum atomic E-state index is -1.42. The van der Waals surface area contributed by atoms with Crippen molar-refractivity contribution >= 4 is 23.1 Å². The molecule has 9 nitrogen and oxygen atoms in total. The van der Waals surface area contributed by atoms with Crippen molar-refractivity contribution < 1.29 is 24.2 Å². The number of aromatic nitrogens is 3. The lowest BCUT2D eigenvalue weighted by molar-refractivity contribution is -0.152. The monoisotopic (exact) mass is 402 g/mol. The maximum absolute atomic E-state index is 12.6. The molecule has 3 heterocycles. The molecule has 9 heteroatoms. The van der Waals surface area contributed by atoms with Crippen LogP contribution in [-0.2, 0) is 24.7 Å². The Morgan fingerprint density at radius 3 is 2.90 bits per heavy atom. The quantitative estimate of drug-likeness (QED) is 0.718. The van der Waals surface area contributed by atoms with Gasteiger partial charge in [-0.1, -0.05) is 19.3 Å². The van der Waals surface area contributed by atoms with Crippen molar-refractivity contribution in [2.45, 2.75) is 63.3 Å². The normalized spacial score (nSPS) is 28.1. The fourth-order valence-corrected chi connectivity index (χ4v) is 4.37. The molecule has 1 aliphatic heterocycles. The highest BCUT2D eigenvalue weighted by atomic mass is 16.6. The third-order valence-electron chi connectivity index (χ3n) is 6.06. The topological polar surface area (TPSA) is 129 Å². The van der Waals surface area contributed by atoms with Gasteiger partial charge >= 0.3 is 5.97 Å². The number of nitrogen functional groups attached to an aromatic ring is 1. The summed E-state index contributed by atoms with van der Waals surface area (Å²) in [5, 5.41) is 14.8. The SMILES string of the molecule is C[C@@]1(c2ccc3c(N)ncnn23)O[C@H](COC(=O)CC2CCCCC2)C(=O)[C@H]1O. The summed E-state index contributed by atoms with van der Waals surface area (Å²) in [6.45, 7) is 1.40. The van der Waals surface area contributed by atoms with Crippen LogP contribution in [0.5, 0.6) is 0 Å².